The van der Waals surface area contributed by atoms with E-state index >= 15 is 0 Å². The first-order valence-corrected chi connectivity index (χ1v) is 7.66. The highest BCUT2D eigenvalue weighted by Crippen LogP contribution is 2.17. The van der Waals surface area contributed by atoms with Crippen molar-refractivity contribution in [2.24, 2.45) is 0 Å². The molecule has 0 atom stereocenters. The Morgan fingerprint density at radius 1 is 0.958 bits per heavy atom. The van der Waals surface area contributed by atoms with E-state index in [1.807, 2.05) is 6.07 Å². The molecule has 0 saturated carbocycles. The smallest absolute Gasteiger partial charge is 0.274 e. The van der Waals surface area contributed by atoms with E-state index in [4.69, 9.17) is 0 Å². The van der Waals surface area contributed by atoms with Crippen LogP contribution in [0.15, 0.2) is 42.6 Å². The molecule has 0 aliphatic carbocycles. The summed E-state index contributed by atoms with van der Waals surface area (Å²) < 4.78 is 0. The molecule has 0 spiro atoms. The summed E-state index contributed by atoms with van der Waals surface area (Å²) in [5, 5.41) is 8.73. The van der Waals surface area contributed by atoms with Crippen molar-refractivity contribution in [3.63, 3.8) is 0 Å². The van der Waals surface area contributed by atoms with Gasteiger partial charge in [0.25, 0.3) is 5.91 Å². The van der Waals surface area contributed by atoms with Crippen LogP contribution in [0.25, 0.3) is 0 Å². The van der Waals surface area contributed by atoms with Crippen LogP contribution in [0.2, 0.25) is 0 Å². The highest BCUT2D eigenvalue weighted by atomic mass is 16.2. The van der Waals surface area contributed by atoms with Crippen LogP contribution in [0.3, 0.4) is 0 Å². The number of hydrogen-bond acceptors (Lipinski definition) is 4. The maximum absolute atomic E-state index is 12.3. The van der Waals surface area contributed by atoms with Crippen molar-refractivity contribution in [2.45, 2.75) is 33.2 Å². The van der Waals surface area contributed by atoms with Crippen LogP contribution in [0.1, 0.15) is 38.2 Å². The fraction of sp³-hybridized carbons (Fsp3) is 0.278. The molecule has 0 saturated heterocycles. The number of anilines is 3. The molecule has 2 amide bonds. The minimum absolute atomic E-state index is 0.0738. The van der Waals surface area contributed by atoms with Crippen molar-refractivity contribution < 1.29 is 9.59 Å². The Balaban J connectivity index is 2.06. The highest BCUT2D eigenvalue weighted by Gasteiger charge is 2.11. The Labute approximate surface area is 141 Å². The van der Waals surface area contributed by atoms with Crippen molar-refractivity contribution in [1.29, 1.82) is 0 Å². The Morgan fingerprint density at radius 2 is 1.62 bits per heavy atom. The number of carbonyl (C=O) groups excluding carboxylic acids is 2. The number of hydrogen-bond donors (Lipinski definition) is 3. The van der Waals surface area contributed by atoms with Gasteiger partial charge in [0.2, 0.25) is 5.91 Å². The van der Waals surface area contributed by atoms with E-state index < -0.39 is 0 Å². The molecular formula is C18H22N4O2. The number of rotatable bonds is 4. The summed E-state index contributed by atoms with van der Waals surface area (Å²) in [5.74, 6) is -0.473. The molecular weight excluding hydrogens is 304 g/mol. The second-order valence-corrected chi connectivity index (χ2v) is 6.52. The van der Waals surface area contributed by atoms with Gasteiger partial charge in [-0.2, -0.15) is 0 Å². The number of nitrogens with zero attached hydrogens (tertiary/aromatic N) is 1. The number of nitrogens with one attached hydrogen (secondary N) is 3. The zero-order valence-electron chi connectivity index (χ0n) is 14.3. The zero-order valence-corrected chi connectivity index (χ0v) is 14.3. The van der Waals surface area contributed by atoms with Gasteiger partial charge in [0.1, 0.15) is 5.69 Å². The molecule has 24 heavy (non-hydrogen) atoms. The standard InChI is InChI=1S/C18H22N4O2/c1-12(23)20-13-6-5-7-14(10-13)21-17(24)16-9-8-15(11-19-16)22-18(2,3)4/h5-11,22H,1-4H3,(H,20,23)(H,21,24). The van der Waals surface area contributed by atoms with E-state index in [9.17, 15) is 9.59 Å². The molecule has 126 valence electrons. The predicted molar refractivity (Wildman–Crippen MR) is 96.3 cm³/mol. The first-order valence-electron chi connectivity index (χ1n) is 7.66. The van der Waals surface area contributed by atoms with Crippen LogP contribution in [0, 0.1) is 0 Å². The van der Waals surface area contributed by atoms with Gasteiger partial charge in [-0.05, 0) is 51.1 Å². The number of amides is 2. The summed E-state index contributed by atoms with van der Waals surface area (Å²) in [6.07, 6.45) is 1.63. The molecule has 0 aliphatic rings. The molecule has 0 fully saturated rings. The first kappa shape index (κ1) is 17.5. The lowest BCUT2D eigenvalue weighted by molar-refractivity contribution is -0.114. The van der Waals surface area contributed by atoms with Gasteiger partial charge in [-0.25, -0.2) is 4.98 Å². The van der Waals surface area contributed by atoms with Crippen molar-refractivity contribution in [2.75, 3.05) is 16.0 Å². The average molecular weight is 326 g/mol. The average Bonchev–Trinajstić information content (AvgIpc) is 2.46. The Bertz CT molecular complexity index is 733. The van der Waals surface area contributed by atoms with E-state index in [2.05, 4.69) is 41.7 Å². The van der Waals surface area contributed by atoms with E-state index in [0.29, 0.717) is 17.1 Å². The molecule has 0 radical (unpaired) electrons. The van der Waals surface area contributed by atoms with Gasteiger partial charge >= 0.3 is 0 Å². The third-order valence-corrected chi connectivity index (χ3v) is 2.96. The molecule has 2 rings (SSSR count). The molecule has 1 aromatic carbocycles. The number of pyridine rings is 1. The second-order valence-electron chi connectivity index (χ2n) is 6.52. The summed E-state index contributed by atoms with van der Waals surface area (Å²) in [5.41, 5.74) is 2.31. The number of benzene rings is 1. The molecule has 0 aliphatic heterocycles. The van der Waals surface area contributed by atoms with Crippen LogP contribution in [-0.2, 0) is 4.79 Å². The van der Waals surface area contributed by atoms with E-state index in [0.717, 1.165) is 5.69 Å². The van der Waals surface area contributed by atoms with Gasteiger partial charge in [-0.1, -0.05) is 6.07 Å². The molecule has 0 bridgehead atoms. The van der Waals surface area contributed by atoms with Gasteiger partial charge in [-0.3, -0.25) is 9.59 Å². The van der Waals surface area contributed by atoms with Crippen LogP contribution < -0.4 is 16.0 Å². The minimum atomic E-state index is -0.308. The Hall–Kier alpha value is -2.89. The summed E-state index contributed by atoms with van der Waals surface area (Å²) in [6, 6.07) is 10.4. The van der Waals surface area contributed by atoms with Gasteiger partial charge in [0.05, 0.1) is 11.9 Å². The van der Waals surface area contributed by atoms with E-state index in [1.54, 1.807) is 36.5 Å². The van der Waals surface area contributed by atoms with Crippen LogP contribution in [-0.4, -0.2) is 22.3 Å². The minimum Gasteiger partial charge on any atom is -0.379 e. The van der Waals surface area contributed by atoms with Gasteiger partial charge in [0, 0.05) is 23.8 Å². The SMILES string of the molecule is CC(=O)Nc1cccc(NC(=O)c2ccc(NC(C)(C)C)cn2)c1. The summed E-state index contributed by atoms with van der Waals surface area (Å²) in [7, 11) is 0. The lowest BCUT2D eigenvalue weighted by atomic mass is 10.1. The molecule has 1 heterocycles. The second kappa shape index (κ2) is 7.12. The van der Waals surface area contributed by atoms with Crippen LogP contribution in [0.4, 0.5) is 17.1 Å². The fourth-order valence-electron chi connectivity index (χ4n) is 2.11. The molecule has 2 aromatic rings. The third-order valence-electron chi connectivity index (χ3n) is 2.96. The summed E-state index contributed by atoms with van der Waals surface area (Å²) >= 11 is 0. The van der Waals surface area contributed by atoms with Crippen molar-refractivity contribution in [3.8, 4) is 0 Å². The third kappa shape index (κ3) is 5.39. The number of aromatic nitrogens is 1. The fourth-order valence-corrected chi connectivity index (χ4v) is 2.11. The molecule has 6 heteroatoms. The Kier molecular flexibility index (Phi) is 5.18. The van der Waals surface area contributed by atoms with Crippen LogP contribution in [0.5, 0.6) is 0 Å². The maximum atomic E-state index is 12.3. The van der Waals surface area contributed by atoms with Crippen molar-refractivity contribution >= 4 is 28.9 Å². The van der Waals surface area contributed by atoms with Gasteiger partial charge in [-0.15, -0.1) is 0 Å². The lowest BCUT2D eigenvalue weighted by Crippen LogP contribution is -2.26. The van der Waals surface area contributed by atoms with Crippen LogP contribution >= 0.6 is 0 Å². The molecule has 6 nitrogen and oxygen atoms in total. The van der Waals surface area contributed by atoms with Crippen molar-refractivity contribution in [3.05, 3.63) is 48.3 Å². The topological polar surface area (TPSA) is 83.1 Å². The van der Waals surface area contributed by atoms with E-state index in [-0.39, 0.29) is 17.4 Å². The molecule has 0 unspecified atom stereocenters. The lowest BCUT2D eigenvalue weighted by Gasteiger charge is -2.21. The number of carbonyl (C=O) groups is 2. The summed E-state index contributed by atoms with van der Waals surface area (Å²) in [6.45, 7) is 7.59. The summed E-state index contributed by atoms with van der Waals surface area (Å²) in [4.78, 5) is 27.5. The van der Waals surface area contributed by atoms with Gasteiger partial charge in [0.15, 0.2) is 0 Å². The first-order chi connectivity index (χ1) is 11.2. The quantitative estimate of drug-likeness (QED) is 0.803. The predicted octanol–water partition coefficient (Wildman–Crippen LogP) is 3.50. The van der Waals surface area contributed by atoms with Crippen molar-refractivity contribution in [1.82, 2.24) is 4.98 Å². The van der Waals surface area contributed by atoms with Gasteiger partial charge < -0.3 is 16.0 Å². The Morgan fingerprint density at radius 3 is 2.17 bits per heavy atom. The zero-order chi connectivity index (χ0) is 17.7. The largest absolute Gasteiger partial charge is 0.379 e. The molecule has 1 aromatic heterocycles. The molecule has 3 N–H and O–H groups in total. The van der Waals surface area contributed by atoms with E-state index in [1.165, 1.54) is 6.92 Å². The normalized spacial score (nSPS) is 10.8. The highest BCUT2D eigenvalue weighted by molar-refractivity contribution is 6.03. The maximum Gasteiger partial charge on any atom is 0.274 e. The monoisotopic (exact) mass is 326 g/mol.